The van der Waals surface area contributed by atoms with Gasteiger partial charge in [-0.05, 0) is 17.7 Å². The quantitative estimate of drug-likeness (QED) is 0.235. The predicted octanol–water partition coefficient (Wildman–Crippen LogP) is 7.91. The van der Waals surface area contributed by atoms with Crippen molar-refractivity contribution in [3.8, 4) is 39.7 Å². The van der Waals surface area contributed by atoms with Crippen LogP contribution in [0.25, 0.3) is 44.0 Å². The number of fused-ring (bicyclic) bond motifs is 1. The number of hydrogen-bond acceptors (Lipinski definition) is 6. The van der Waals surface area contributed by atoms with Crippen molar-refractivity contribution < 1.29 is 9.26 Å². The highest BCUT2D eigenvalue weighted by molar-refractivity contribution is 7.17. The fourth-order valence-electron chi connectivity index (χ4n) is 3.84. The number of rotatable bonds is 6. The highest BCUT2D eigenvalue weighted by atomic mass is 35.5. The van der Waals surface area contributed by atoms with Gasteiger partial charge in [-0.25, -0.2) is 4.98 Å². The van der Waals surface area contributed by atoms with Crippen molar-refractivity contribution in [1.82, 2.24) is 15.1 Å². The number of benzene rings is 3. The van der Waals surface area contributed by atoms with Crippen LogP contribution in [-0.4, -0.2) is 15.1 Å². The lowest BCUT2D eigenvalue weighted by Crippen LogP contribution is -2.00. The van der Waals surface area contributed by atoms with E-state index in [1.165, 1.54) is 0 Å². The molecule has 35 heavy (non-hydrogen) atoms. The fraction of sp³-hybridized carbons (Fsp3) is 0.0357. The number of aromatic nitrogens is 3. The lowest BCUT2D eigenvalue weighted by molar-refractivity contribution is 0.244. The first-order chi connectivity index (χ1) is 17.2. The molecule has 0 amide bonds. The Morgan fingerprint density at radius 2 is 1.51 bits per heavy atom. The van der Waals surface area contributed by atoms with E-state index in [1.807, 2.05) is 78.9 Å². The Labute approximate surface area is 210 Å². The van der Waals surface area contributed by atoms with Crippen LogP contribution in [0.5, 0.6) is 5.88 Å². The summed E-state index contributed by atoms with van der Waals surface area (Å²) < 4.78 is 11.8. The molecule has 0 aliphatic carbocycles. The van der Waals surface area contributed by atoms with E-state index in [0.29, 0.717) is 22.5 Å². The van der Waals surface area contributed by atoms with Crippen molar-refractivity contribution in [1.29, 1.82) is 0 Å². The van der Waals surface area contributed by atoms with Gasteiger partial charge in [0, 0.05) is 33.2 Å². The van der Waals surface area contributed by atoms with Crippen LogP contribution in [0.3, 0.4) is 0 Å². The summed E-state index contributed by atoms with van der Waals surface area (Å²) in [5.41, 5.74) is 4.70. The van der Waals surface area contributed by atoms with E-state index in [9.17, 15) is 0 Å². The second kappa shape index (κ2) is 9.33. The van der Waals surface area contributed by atoms with Gasteiger partial charge in [-0.15, -0.1) is 11.3 Å². The van der Waals surface area contributed by atoms with Gasteiger partial charge >= 0.3 is 0 Å². The van der Waals surface area contributed by atoms with Crippen molar-refractivity contribution >= 4 is 33.2 Å². The molecule has 5 nitrogen and oxygen atoms in total. The van der Waals surface area contributed by atoms with Gasteiger partial charge in [0.25, 0.3) is 0 Å². The third-order valence-corrected chi connectivity index (χ3v) is 6.69. The molecule has 6 rings (SSSR count). The smallest absolute Gasteiger partial charge is 0.227 e. The van der Waals surface area contributed by atoms with Crippen molar-refractivity contribution in [3.05, 3.63) is 107 Å². The van der Waals surface area contributed by atoms with Crippen LogP contribution in [0, 0.1) is 0 Å². The van der Waals surface area contributed by atoms with Gasteiger partial charge in [-0.3, -0.25) is 0 Å². The summed E-state index contributed by atoms with van der Waals surface area (Å²) in [4.78, 5) is 10.5. The van der Waals surface area contributed by atoms with Crippen LogP contribution < -0.4 is 4.74 Å². The molecule has 0 aliphatic rings. The zero-order valence-electron chi connectivity index (χ0n) is 18.4. The molecular formula is C28H18ClN3O2S. The maximum atomic E-state index is 6.26. The molecule has 7 heteroatoms. The minimum absolute atomic E-state index is 0.186. The third kappa shape index (κ3) is 4.41. The normalized spacial score (nSPS) is 11.1. The molecule has 0 unspecified atom stereocenters. The zero-order chi connectivity index (χ0) is 23.6. The second-order valence-electron chi connectivity index (χ2n) is 7.89. The SMILES string of the molecule is Clc1ccc(-c2cc(COc3nc(-c4ccccc4)nc4scc(-c5ccccc5)c34)on2)cc1. The zero-order valence-corrected chi connectivity index (χ0v) is 20.0. The molecule has 0 radical (unpaired) electrons. The van der Waals surface area contributed by atoms with Gasteiger partial charge < -0.3 is 9.26 Å². The van der Waals surface area contributed by atoms with E-state index in [-0.39, 0.29) is 6.61 Å². The van der Waals surface area contributed by atoms with E-state index < -0.39 is 0 Å². The molecule has 170 valence electrons. The Kier molecular flexibility index (Phi) is 5.74. The van der Waals surface area contributed by atoms with E-state index in [2.05, 4.69) is 22.7 Å². The molecule has 0 saturated carbocycles. The maximum absolute atomic E-state index is 6.26. The van der Waals surface area contributed by atoms with Gasteiger partial charge in [0.2, 0.25) is 5.88 Å². The molecule has 0 aliphatic heterocycles. The lowest BCUT2D eigenvalue weighted by atomic mass is 10.1. The number of hydrogen-bond donors (Lipinski definition) is 0. The Balaban J connectivity index is 1.37. The molecule has 0 N–H and O–H groups in total. The van der Waals surface area contributed by atoms with Gasteiger partial charge in [0.05, 0.1) is 5.39 Å². The molecule has 0 bridgehead atoms. The Morgan fingerprint density at radius 1 is 0.800 bits per heavy atom. The van der Waals surface area contributed by atoms with Crippen LogP contribution in [0.1, 0.15) is 5.76 Å². The van der Waals surface area contributed by atoms with Gasteiger partial charge in [0.1, 0.15) is 10.5 Å². The highest BCUT2D eigenvalue weighted by Gasteiger charge is 2.18. The minimum Gasteiger partial charge on any atom is -0.469 e. The Hall–Kier alpha value is -4.00. The number of halogens is 1. The molecule has 0 atom stereocenters. The molecule has 0 saturated heterocycles. The lowest BCUT2D eigenvalue weighted by Gasteiger charge is -2.09. The largest absolute Gasteiger partial charge is 0.469 e. The van der Waals surface area contributed by atoms with Crippen molar-refractivity contribution in [2.45, 2.75) is 6.61 Å². The van der Waals surface area contributed by atoms with Crippen LogP contribution in [0.2, 0.25) is 5.02 Å². The fourth-order valence-corrected chi connectivity index (χ4v) is 4.90. The van der Waals surface area contributed by atoms with Crippen molar-refractivity contribution in [2.75, 3.05) is 0 Å². The topological polar surface area (TPSA) is 61.0 Å². The average Bonchev–Trinajstić information content (AvgIpc) is 3.56. The standard InChI is InChI=1S/C28H18ClN3O2S/c29-21-13-11-19(12-14-21)24-15-22(34-32-24)16-33-27-25-23(18-7-3-1-4-8-18)17-35-28(25)31-26(30-27)20-9-5-2-6-10-20/h1-15,17H,16H2. The maximum Gasteiger partial charge on any atom is 0.227 e. The highest BCUT2D eigenvalue weighted by Crippen LogP contribution is 2.39. The number of thiophene rings is 1. The Bertz CT molecular complexity index is 1600. The van der Waals surface area contributed by atoms with Crippen LogP contribution >= 0.6 is 22.9 Å². The van der Waals surface area contributed by atoms with E-state index in [0.717, 1.165) is 38.2 Å². The monoisotopic (exact) mass is 495 g/mol. The first-order valence-corrected chi connectivity index (χ1v) is 12.2. The third-order valence-electron chi connectivity index (χ3n) is 5.57. The van der Waals surface area contributed by atoms with Gasteiger partial charge in [-0.2, -0.15) is 4.98 Å². The first-order valence-electron chi connectivity index (χ1n) is 11.0. The second-order valence-corrected chi connectivity index (χ2v) is 9.18. The predicted molar refractivity (Wildman–Crippen MR) is 140 cm³/mol. The van der Waals surface area contributed by atoms with Crippen molar-refractivity contribution in [2.24, 2.45) is 0 Å². The first kappa shape index (κ1) is 21.5. The molecule has 6 aromatic rings. The molecule has 0 fully saturated rings. The number of ether oxygens (including phenoxy) is 1. The van der Waals surface area contributed by atoms with E-state index in [1.54, 1.807) is 11.3 Å². The summed E-state index contributed by atoms with van der Waals surface area (Å²) in [7, 11) is 0. The number of nitrogens with zero attached hydrogens (tertiary/aromatic N) is 3. The molecule has 3 aromatic heterocycles. The van der Waals surface area contributed by atoms with Crippen molar-refractivity contribution in [3.63, 3.8) is 0 Å². The summed E-state index contributed by atoms with van der Waals surface area (Å²) in [5.74, 6) is 1.73. The van der Waals surface area contributed by atoms with Crippen LogP contribution in [0.4, 0.5) is 0 Å². The van der Waals surface area contributed by atoms with Crippen LogP contribution in [-0.2, 0) is 6.61 Å². The van der Waals surface area contributed by atoms with Crippen LogP contribution in [0.15, 0.2) is 101 Å². The van der Waals surface area contributed by atoms with E-state index >= 15 is 0 Å². The summed E-state index contributed by atoms with van der Waals surface area (Å²) in [6.07, 6.45) is 0. The molecule has 3 heterocycles. The average molecular weight is 496 g/mol. The summed E-state index contributed by atoms with van der Waals surface area (Å²) in [6.45, 7) is 0.186. The van der Waals surface area contributed by atoms with Gasteiger partial charge in [0.15, 0.2) is 18.2 Å². The minimum atomic E-state index is 0.186. The van der Waals surface area contributed by atoms with Gasteiger partial charge in [-0.1, -0.05) is 89.6 Å². The molecular weight excluding hydrogens is 478 g/mol. The van der Waals surface area contributed by atoms with E-state index in [4.69, 9.17) is 30.8 Å². The summed E-state index contributed by atoms with van der Waals surface area (Å²) in [6, 6.07) is 29.4. The summed E-state index contributed by atoms with van der Waals surface area (Å²) in [5, 5.41) is 7.84. The molecule has 3 aromatic carbocycles. The molecule has 0 spiro atoms. The summed E-state index contributed by atoms with van der Waals surface area (Å²) >= 11 is 7.58. The Morgan fingerprint density at radius 3 is 2.26 bits per heavy atom.